The Hall–Kier alpha value is -0.450. The molecule has 2 unspecified atom stereocenters. The highest BCUT2D eigenvalue weighted by Crippen LogP contribution is 2.24. The quantitative estimate of drug-likeness (QED) is 0.894. The molecule has 1 fully saturated rings. The Bertz CT molecular complexity index is 399. The third-order valence-electron chi connectivity index (χ3n) is 3.62. The second-order valence-electron chi connectivity index (χ2n) is 4.96. The predicted molar refractivity (Wildman–Crippen MR) is 73.8 cm³/mol. The Morgan fingerprint density at radius 2 is 2.11 bits per heavy atom. The van der Waals surface area contributed by atoms with E-state index < -0.39 is 0 Å². The molecule has 18 heavy (non-hydrogen) atoms. The van der Waals surface area contributed by atoms with Crippen LogP contribution in [0, 0.1) is 11.7 Å². The van der Waals surface area contributed by atoms with Crippen molar-refractivity contribution in [3.8, 4) is 0 Å². The molecule has 100 valence electrons. The summed E-state index contributed by atoms with van der Waals surface area (Å²) < 4.78 is 13.8. The van der Waals surface area contributed by atoms with E-state index in [1.807, 2.05) is 6.07 Å². The zero-order valence-electron chi connectivity index (χ0n) is 10.3. The summed E-state index contributed by atoms with van der Waals surface area (Å²) in [5.41, 5.74) is 0.917. The van der Waals surface area contributed by atoms with Crippen LogP contribution in [0.15, 0.2) is 22.7 Å². The minimum Gasteiger partial charge on any atom is -0.393 e. The van der Waals surface area contributed by atoms with Gasteiger partial charge in [-0.05, 0) is 46.3 Å². The molecule has 0 amide bonds. The van der Waals surface area contributed by atoms with Crippen molar-refractivity contribution in [1.82, 2.24) is 5.32 Å². The first-order valence-corrected chi connectivity index (χ1v) is 7.29. The minimum absolute atomic E-state index is 0.179. The van der Waals surface area contributed by atoms with Gasteiger partial charge in [0.25, 0.3) is 0 Å². The molecular weight excluding hydrogens is 297 g/mol. The van der Waals surface area contributed by atoms with Gasteiger partial charge in [0.1, 0.15) is 5.82 Å². The van der Waals surface area contributed by atoms with Crippen molar-refractivity contribution < 1.29 is 9.50 Å². The molecule has 0 spiro atoms. The summed E-state index contributed by atoms with van der Waals surface area (Å²) in [7, 11) is 0. The Balaban J connectivity index is 1.83. The van der Waals surface area contributed by atoms with Crippen molar-refractivity contribution in [3.05, 3.63) is 34.1 Å². The number of hydrogen-bond donors (Lipinski definition) is 2. The minimum atomic E-state index is -0.230. The van der Waals surface area contributed by atoms with Gasteiger partial charge in [0, 0.05) is 13.1 Å². The molecule has 1 aromatic carbocycles. The van der Waals surface area contributed by atoms with Crippen LogP contribution in [0.5, 0.6) is 0 Å². The van der Waals surface area contributed by atoms with Gasteiger partial charge < -0.3 is 10.4 Å². The number of aliphatic hydroxyl groups excluding tert-OH is 1. The van der Waals surface area contributed by atoms with Crippen molar-refractivity contribution in [1.29, 1.82) is 0 Å². The first kappa shape index (κ1) is 14.0. The maximum absolute atomic E-state index is 13.3. The van der Waals surface area contributed by atoms with Crippen LogP contribution in [-0.4, -0.2) is 17.8 Å². The van der Waals surface area contributed by atoms with Crippen molar-refractivity contribution in [2.24, 2.45) is 5.92 Å². The first-order chi connectivity index (χ1) is 8.68. The van der Waals surface area contributed by atoms with Gasteiger partial charge in [0.2, 0.25) is 0 Å². The highest BCUT2D eigenvalue weighted by atomic mass is 79.9. The SMILES string of the molecule is OC1CCCCC1CNCc1cccc(F)c1Br. The van der Waals surface area contributed by atoms with Gasteiger partial charge in [-0.25, -0.2) is 4.39 Å². The van der Waals surface area contributed by atoms with E-state index >= 15 is 0 Å². The maximum Gasteiger partial charge on any atom is 0.137 e. The Kier molecular flexibility index (Phi) is 5.15. The maximum atomic E-state index is 13.3. The van der Waals surface area contributed by atoms with Crippen LogP contribution in [0.3, 0.4) is 0 Å². The summed E-state index contributed by atoms with van der Waals surface area (Å²) in [6.45, 7) is 1.42. The molecular formula is C14H19BrFNO. The zero-order chi connectivity index (χ0) is 13.0. The monoisotopic (exact) mass is 315 g/mol. The van der Waals surface area contributed by atoms with Crippen LogP contribution in [0.4, 0.5) is 4.39 Å². The number of aliphatic hydroxyl groups is 1. The van der Waals surface area contributed by atoms with E-state index in [1.165, 1.54) is 12.5 Å². The molecule has 2 N–H and O–H groups in total. The summed E-state index contributed by atoms with van der Waals surface area (Å²) in [5, 5.41) is 13.2. The standard InChI is InChI=1S/C14H19BrFNO/c15-14-11(5-3-6-12(14)16)9-17-8-10-4-1-2-7-13(10)18/h3,5-6,10,13,17-18H,1-2,4,7-9H2. The van der Waals surface area contributed by atoms with Crippen LogP contribution < -0.4 is 5.32 Å². The Morgan fingerprint density at radius 3 is 2.89 bits per heavy atom. The molecule has 0 saturated heterocycles. The van der Waals surface area contributed by atoms with Gasteiger partial charge in [-0.2, -0.15) is 0 Å². The van der Waals surface area contributed by atoms with Gasteiger partial charge in [0.05, 0.1) is 10.6 Å². The highest BCUT2D eigenvalue weighted by molar-refractivity contribution is 9.10. The molecule has 1 aromatic rings. The topological polar surface area (TPSA) is 32.3 Å². The molecule has 0 bridgehead atoms. The lowest BCUT2D eigenvalue weighted by Gasteiger charge is -2.27. The van der Waals surface area contributed by atoms with Gasteiger partial charge in [-0.1, -0.05) is 25.0 Å². The number of hydrogen-bond acceptors (Lipinski definition) is 2. The van der Waals surface area contributed by atoms with Gasteiger partial charge in [-0.15, -0.1) is 0 Å². The molecule has 0 heterocycles. The summed E-state index contributed by atoms with van der Waals surface area (Å²) >= 11 is 3.25. The molecule has 4 heteroatoms. The molecule has 0 aliphatic heterocycles. The largest absolute Gasteiger partial charge is 0.393 e. The third-order valence-corrected chi connectivity index (χ3v) is 4.51. The average Bonchev–Trinajstić information content (AvgIpc) is 2.37. The van der Waals surface area contributed by atoms with Gasteiger partial charge in [0.15, 0.2) is 0 Å². The molecule has 0 radical (unpaired) electrons. The summed E-state index contributed by atoms with van der Waals surface area (Å²) in [4.78, 5) is 0. The van der Waals surface area contributed by atoms with Crippen LogP contribution in [0.25, 0.3) is 0 Å². The van der Waals surface area contributed by atoms with E-state index in [-0.39, 0.29) is 11.9 Å². The highest BCUT2D eigenvalue weighted by Gasteiger charge is 2.22. The molecule has 1 aliphatic rings. The van der Waals surface area contributed by atoms with E-state index in [2.05, 4.69) is 21.2 Å². The summed E-state index contributed by atoms with van der Waals surface area (Å²) in [5.74, 6) is 0.109. The molecule has 0 aromatic heterocycles. The fraction of sp³-hybridized carbons (Fsp3) is 0.571. The van der Waals surface area contributed by atoms with Crippen LogP contribution in [-0.2, 0) is 6.54 Å². The zero-order valence-corrected chi connectivity index (χ0v) is 11.9. The summed E-state index contributed by atoms with van der Waals surface area (Å²) in [6.07, 6.45) is 4.15. The summed E-state index contributed by atoms with van der Waals surface area (Å²) in [6, 6.07) is 5.06. The van der Waals surface area contributed by atoms with E-state index in [9.17, 15) is 9.50 Å². The predicted octanol–water partition coefficient (Wildman–Crippen LogP) is 3.23. The number of rotatable bonds is 4. The van der Waals surface area contributed by atoms with Gasteiger partial charge >= 0.3 is 0 Å². The molecule has 2 nitrogen and oxygen atoms in total. The normalized spacial score (nSPS) is 24.2. The van der Waals surface area contributed by atoms with Crippen molar-refractivity contribution in [3.63, 3.8) is 0 Å². The molecule has 2 rings (SSSR count). The number of nitrogens with one attached hydrogen (secondary N) is 1. The molecule has 1 aliphatic carbocycles. The van der Waals surface area contributed by atoms with Crippen molar-refractivity contribution in [2.45, 2.75) is 38.3 Å². The second-order valence-corrected chi connectivity index (χ2v) is 5.75. The van der Waals surface area contributed by atoms with Gasteiger partial charge in [-0.3, -0.25) is 0 Å². The lowest BCUT2D eigenvalue weighted by Crippen LogP contribution is -2.33. The lowest BCUT2D eigenvalue weighted by atomic mass is 9.86. The smallest absolute Gasteiger partial charge is 0.137 e. The fourth-order valence-corrected chi connectivity index (χ4v) is 2.91. The molecule has 1 saturated carbocycles. The van der Waals surface area contributed by atoms with E-state index in [0.717, 1.165) is 31.4 Å². The number of halogens is 2. The van der Waals surface area contributed by atoms with E-state index in [0.29, 0.717) is 16.9 Å². The second kappa shape index (κ2) is 6.64. The van der Waals surface area contributed by atoms with Crippen LogP contribution >= 0.6 is 15.9 Å². The van der Waals surface area contributed by atoms with E-state index in [1.54, 1.807) is 6.07 Å². The lowest BCUT2D eigenvalue weighted by molar-refractivity contribution is 0.0695. The Morgan fingerprint density at radius 1 is 1.33 bits per heavy atom. The van der Waals surface area contributed by atoms with Crippen molar-refractivity contribution >= 4 is 15.9 Å². The third kappa shape index (κ3) is 3.53. The van der Waals surface area contributed by atoms with Crippen molar-refractivity contribution in [2.75, 3.05) is 6.54 Å². The first-order valence-electron chi connectivity index (χ1n) is 6.50. The number of benzene rings is 1. The Labute approximate surface area is 116 Å². The van der Waals surface area contributed by atoms with E-state index in [4.69, 9.17) is 0 Å². The average molecular weight is 316 g/mol. The van der Waals surface area contributed by atoms with Crippen LogP contribution in [0.2, 0.25) is 0 Å². The fourth-order valence-electron chi connectivity index (χ4n) is 2.50. The van der Waals surface area contributed by atoms with Crippen LogP contribution in [0.1, 0.15) is 31.2 Å². The molecule has 2 atom stereocenters.